The second-order valence-electron chi connectivity index (χ2n) is 30.9. The molecule has 3 aliphatic heterocycles. The number of aromatic amines is 8. The molecule has 3 atom stereocenters. The molecule has 3 saturated heterocycles. The highest BCUT2D eigenvalue weighted by molar-refractivity contribution is 6.35. The number of hydrogen-bond acceptors (Lipinski definition) is 9. The monoisotopic (exact) mass is 1760 g/mol. The van der Waals surface area contributed by atoms with E-state index in [0.29, 0.717) is 66.1 Å². The van der Waals surface area contributed by atoms with Gasteiger partial charge in [0.15, 0.2) is 23.0 Å². The average Bonchev–Trinajstić information content (AvgIpc) is 1.60. The Morgan fingerprint density at radius 1 is 0.314 bits per heavy atom. The fourth-order valence-corrected chi connectivity index (χ4v) is 18.5. The van der Waals surface area contributed by atoms with Gasteiger partial charge < -0.3 is 74.8 Å². The van der Waals surface area contributed by atoms with Gasteiger partial charge in [0.25, 0.3) is 0 Å². The maximum atomic E-state index is 13.9. The Bertz CT molecular complexity index is 6660. The molecule has 18 nitrogen and oxygen atoms in total. The van der Waals surface area contributed by atoms with E-state index in [4.69, 9.17) is 65.4 Å². The number of H-pyrrole nitrogens is 8. The molecule has 0 radical (unpaired) electrons. The van der Waals surface area contributed by atoms with Gasteiger partial charge >= 0.3 is 0 Å². The van der Waals surface area contributed by atoms with Gasteiger partial charge in [-0.1, -0.05) is 46.4 Å². The molecule has 0 bridgehead atoms. The molecule has 3 aliphatic rings. The highest BCUT2D eigenvalue weighted by Gasteiger charge is 2.27. The molecule has 0 aliphatic carbocycles. The smallest absolute Gasteiger partial charge is 0.167 e. The Labute approximate surface area is 724 Å². The van der Waals surface area contributed by atoms with Gasteiger partial charge in [0.1, 0.15) is 55.7 Å². The third kappa shape index (κ3) is 15.2. The zero-order valence-corrected chi connectivity index (χ0v) is 69.9. The number of benzene rings is 12. The molecule has 0 saturated carbocycles. The van der Waals surface area contributed by atoms with Gasteiger partial charge in [-0.15, -0.1) is 37.2 Å². The van der Waals surface area contributed by atoms with Crippen molar-refractivity contribution in [2.45, 2.75) is 69.6 Å². The Hall–Kier alpha value is -11.0. The van der Waals surface area contributed by atoms with Crippen LogP contribution in [-0.2, 0) is 6.54 Å². The van der Waals surface area contributed by atoms with Gasteiger partial charge in [0.05, 0.1) is 50.7 Å². The van der Waals surface area contributed by atoms with E-state index in [2.05, 4.69) is 78.0 Å². The van der Waals surface area contributed by atoms with E-state index < -0.39 is 0 Å². The Morgan fingerprint density at radius 3 is 0.802 bits per heavy atom. The molecule has 21 aromatic rings. The third-order valence-electron chi connectivity index (χ3n) is 23.4. The number of aryl methyl sites for hydroxylation is 1. The Morgan fingerprint density at radius 2 is 0.562 bits per heavy atom. The van der Waals surface area contributed by atoms with Crippen molar-refractivity contribution in [2.24, 2.45) is 0 Å². The highest BCUT2D eigenvalue weighted by Crippen LogP contribution is 2.47. The summed E-state index contributed by atoms with van der Waals surface area (Å²) >= 11 is 25.2. The van der Waals surface area contributed by atoms with Crippen LogP contribution in [0.3, 0.4) is 0 Å². The molecule has 616 valence electrons. The van der Waals surface area contributed by atoms with E-state index >= 15 is 0 Å². The maximum Gasteiger partial charge on any atom is 0.167 e. The molecule has 11 N–H and O–H groups in total. The first-order valence-corrected chi connectivity index (χ1v) is 41.1. The molecular weight excluding hydrogens is 1690 g/mol. The van der Waals surface area contributed by atoms with Crippen LogP contribution in [0.5, 0.6) is 23.0 Å². The van der Waals surface area contributed by atoms with E-state index in [1.807, 2.05) is 84.9 Å². The minimum absolute atomic E-state index is 0. The summed E-state index contributed by atoms with van der Waals surface area (Å²) in [5.74, 6) is 1.87. The molecule has 121 heavy (non-hydrogen) atoms. The van der Waals surface area contributed by atoms with Crippen molar-refractivity contribution in [3.63, 3.8) is 0 Å². The first kappa shape index (κ1) is 81.0. The van der Waals surface area contributed by atoms with Crippen LogP contribution in [0.15, 0.2) is 183 Å². The van der Waals surface area contributed by atoms with E-state index in [1.165, 1.54) is 61.3 Å². The standard InChI is InChI=1S/C23H17Cl2N5O.C23H19Cl2N3O.2C23H19F2N3O.3ClH/c24-13-2-4-19-15(8-13)17-10-18-16-9-14(25)3-5-20(16)29-22(18)23(21(17)28-19)31-7-1-6-30-12-26-11-27-30;3*24-12-3-5-19-15(8-12)17-10-18-16-9-13(25)4-6-20(16)28-22(18)23(21(17)27-19)29-11-14-2-1-7-26-14;;;/h2-5,8-12,28-29H,1,6-7H2;3*3-6,8-10,14,26-28H,1-2,7,11H2;3*1H/t;;14-;;;;/m..0..../s1. The minimum Gasteiger partial charge on any atom is -0.489 e. The van der Waals surface area contributed by atoms with Crippen LogP contribution in [0.4, 0.5) is 17.6 Å². The van der Waals surface area contributed by atoms with E-state index in [-0.39, 0.29) is 60.5 Å². The fraction of sp³-hybridized carbons (Fsp3) is 0.196. The van der Waals surface area contributed by atoms with Crippen molar-refractivity contribution in [2.75, 3.05) is 46.1 Å². The van der Waals surface area contributed by atoms with Gasteiger partial charge in [-0.25, -0.2) is 22.5 Å². The van der Waals surface area contributed by atoms with Gasteiger partial charge in [-0.2, -0.15) is 5.10 Å². The van der Waals surface area contributed by atoms with Crippen molar-refractivity contribution in [3.05, 3.63) is 226 Å². The van der Waals surface area contributed by atoms with E-state index in [1.54, 1.807) is 35.3 Å². The number of halogens is 11. The van der Waals surface area contributed by atoms with Gasteiger partial charge in [-0.05, 0) is 228 Å². The molecule has 0 spiro atoms. The average molecular weight is 1770 g/mol. The lowest BCUT2D eigenvalue weighted by Crippen LogP contribution is -2.28. The lowest BCUT2D eigenvalue weighted by molar-refractivity contribution is 0.282. The number of aromatic nitrogens is 11. The predicted octanol–water partition coefficient (Wildman–Crippen LogP) is 24.7. The SMILES string of the molecule is Cl.Cl.Cl.Clc1ccc2[nH]c3c(OCC4CCCN4)c4[nH]c5ccc(Cl)cc5c4cc3c2c1.Clc1ccc2[nH]c3c(OCCCn4cncn4)c4[nH]c5ccc(Cl)cc5c4cc3c2c1.Fc1ccc2[nH]c3c(OCC4CCCN4)c4[nH]c5ccc(F)cc5c4cc3c2c1.Fc1ccc2[nH]c3c(OC[C@@H]4CCCN4)c4[nH]c5ccc(F)cc5c4cc3c2c1. The molecule has 0 amide bonds. The number of nitrogens with zero attached hydrogens (tertiary/aromatic N) is 3. The molecule has 12 heterocycles. The lowest BCUT2D eigenvalue weighted by Gasteiger charge is -2.14. The number of rotatable bonds is 14. The Balaban J connectivity index is 0.000000110. The van der Waals surface area contributed by atoms with Crippen molar-refractivity contribution < 1.29 is 36.5 Å². The molecular formula is C92H77Cl7F4N14O4. The van der Waals surface area contributed by atoms with Gasteiger partial charge in [0.2, 0.25) is 0 Å². The summed E-state index contributed by atoms with van der Waals surface area (Å²) in [6.45, 7) is 6.08. The van der Waals surface area contributed by atoms with Crippen LogP contribution in [0.1, 0.15) is 44.9 Å². The number of ether oxygens (including phenoxy) is 4. The molecule has 12 aromatic carbocycles. The van der Waals surface area contributed by atoms with Crippen LogP contribution in [0.2, 0.25) is 20.1 Å². The van der Waals surface area contributed by atoms with Crippen LogP contribution in [0, 0.1) is 23.3 Å². The maximum absolute atomic E-state index is 13.9. The summed E-state index contributed by atoms with van der Waals surface area (Å²) in [6.07, 6.45) is 10.8. The van der Waals surface area contributed by atoms with Crippen molar-refractivity contribution >= 4 is 258 Å². The third-order valence-corrected chi connectivity index (χ3v) is 24.3. The summed E-state index contributed by atoms with van der Waals surface area (Å²) in [6, 6.07) is 51.8. The number of hydrogen-bond donors (Lipinski definition) is 11. The van der Waals surface area contributed by atoms with Gasteiger partial charge in [0, 0.05) is 181 Å². The molecule has 29 heteroatoms. The summed E-state index contributed by atoms with van der Waals surface area (Å²) < 4.78 is 83.0. The molecule has 2 unspecified atom stereocenters. The number of nitrogens with one attached hydrogen (secondary N) is 11. The van der Waals surface area contributed by atoms with E-state index in [0.717, 1.165) is 261 Å². The summed E-state index contributed by atoms with van der Waals surface area (Å²) in [4.78, 5) is 31.7. The zero-order chi connectivity index (χ0) is 79.6. The molecule has 9 aromatic heterocycles. The Kier molecular flexibility index (Phi) is 22.4. The zero-order valence-electron chi connectivity index (χ0n) is 64.4. The van der Waals surface area contributed by atoms with Crippen LogP contribution in [0.25, 0.3) is 174 Å². The largest absolute Gasteiger partial charge is 0.489 e. The number of fused-ring (bicyclic) bond motifs is 24. The lowest BCUT2D eigenvalue weighted by atomic mass is 10.1. The molecule has 24 rings (SSSR count). The van der Waals surface area contributed by atoms with Crippen molar-refractivity contribution in [1.29, 1.82) is 0 Å². The predicted molar refractivity (Wildman–Crippen MR) is 492 cm³/mol. The summed E-state index contributed by atoms with van der Waals surface area (Å²) in [7, 11) is 0. The van der Waals surface area contributed by atoms with Crippen LogP contribution in [-0.4, -0.2) is 119 Å². The van der Waals surface area contributed by atoms with Crippen molar-refractivity contribution in [1.82, 2.24) is 70.6 Å². The highest BCUT2D eigenvalue weighted by atomic mass is 35.5. The fourth-order valence-electron chi connectivity index (χ4n) is 17.8. The normalized spacial score (nSPS) is 15.5. The van der Waals surface area contributed by atoms with Gasteiger partial charge in [-0.3, -0.25) is 4.68 Å². The summed E-state index contributed by atoms with van der Waals surface area (Å²) in [5, 5.41) is 32.7. The van der Waals surface area contributed by atoms with Crippen LogP contribution < -0.4 is 34.9 Å². The van der Waals surface area contributed by atoms with Crippen molar-refractivity contribution in [3.8, 4) is 23.0 Å². The first-order chi connectivity index (χ1) is 57.7. The summed E-state index contributed by atoms with van der Waals surface area (Å²) in [5.41, 5.74) is 14.7. The quantitative estimate of drug-likeness (QED) is 0.0367. The topological polar surface area (TPSA) is 230 Å². The minimum atomic E-state index is -0.291. The van der Waals surface area contributed by atoms with E-state index in [9.17, 15) is 17.6 Å². The second-order valence-corrected chi connectivity index (χ2v) is 32.6. The molecule has 3 fully saturated rings. The van der Waals surface area contributed by atoms with Crippen LogP contribution >= 0.6 is 83.6 Å². The first-order valence-electron chi connectivity index (χ1n) is 39.6. The second kappa shape index (κ2) is 33.4.